The standard InChI is InChI=1S/C22H30N2O5/c1-4-5-6-7-8-9-13-24-15(2)19(21(26)22(23)27)20-16(24)11-10-12-17(20)29-14-18(25)28-3/h10-12H,4-9,13-14H2,1-3H3,(H2,23,27). The van der Waals surface area contributed by atoms with Crippen molar-refractivity contribution in [1.82, 2.24) is 4.57 Å². The Morgan fingerprint density at radius 3 is 2.41 bits per heavy atom. The van der Waals surface area contributed by atoms with Gasteiger partial charge >= 0.3 is 5.97 Å². The molecule has 2 aromatic rings. The topological polar surface area (TPSA) is 101 Å². The van der Waals surface area contributed by atoms with Gasteiger partial charge in [-0.1, -0.05) is 45.1 Å². The third-order valence-corrected chi connectivity index (χ3v) is 5.07. The Balaban J connectivity index is 2.39. The van der Waals surface area contributed by atoms with Crippen LogP contribution in [0.25, 0.3) is 10.9 Å². The van der Waals surface area contributed by atoms with Gasteiger partial charge in [-0.2, -0.15) is 0 Å². The van der Waals surface area contributed by atoms with Crippen molar-refractivity contribution in [3.63, 3.8) is 0 Å². The van der Waals surface area contributed by atoms with Crippen molar-refractivity contribution < 1.29 is 23.9 Å². The average molecular weight is 402 g/mol. The zero-order valence-corrected chi connectivity index (χ0v) is 17.5. The summed E-state index contributed by atoms with van der Waals surface area (Å²) in [5, 5.41) is 0.503. The summed E-state index contributed by atoms with van der Waals surface area (Å²) in [5.74, 6) is -1.96. The number of esters is 1. The number of Topliss-reactive ketones (excluding diaryl/α,β-unsaturated/α-hetero) is 1. The number of carbonyl (C=O) groups excluding carboxylic acids is 3. The zero-order valence-electron chi connectivity index (χ0n) is 17.5. The van der Waals surface area contributed by atoms with Crippen LogP contribution in [0, 0.1) is 6.92 Å². The van der Waals surface area contributed by atoms with Gasteiger partial charge in [0.05, 0.1) is 23.6 Å². The predicted molar refractivity (Wildman–Crippen MR) is 111 cm³/mol. The highest BCUT2D eigenvalue weighted by molar-refractivity contribution is 6.45. The summed E-state index contributed by atoms with van der Waals surface area (Å²) >= 11 is 0. The number of nitrogens with zero attached hydrogens (tertiary/aromatic N) is 1. The highest BCUT2D eigenvalue weighted by atomic mass is 16.6. The van der Waals surface area contributed by atoms with E-state index in [1.165, 1.54) is 32.8 Å². The Kier molecular flexibility index (Phi) is 8.24. The highest BCUT2D eigenvalue weighted by Gasteiger charge is 2.26. The van der Waals surface area contributed by atoms with Crippen molar-refractivity contribution >= 4 is 28.6 Å². The lowest BCUT2D eigenvalue weighted by atomic mass is 10.1. The van der Waals surface area contributed by atoms with Gasteiger partial charge in [-0.3, -0.25) is 9.59 Å². The number of methoxy groups -OCH3 is 1. The lowest BCUT2D eigenvalue weighted by Gasteiger charge is -2.09. The summed E-state index contributed by atoms with van der Waals surface area (Å²) in [7, 11) is 1.27. The molecule has 0 aliphatic rings. The Bertz CT molecular complexity index is 885. The van der Waals surface area contributed by atoms with Gasteiger partial charge in [0.1, 0.15) is 5.75 Å². The number of unbranched alkanes of at least 4 members (excludes halogenated alkanes) is 5. The number of nitrogens with two attached hydrogens (primary N) is 1. The van der Waals surface area contributed by atoms with Crippen LogP contribution in [0.2, 0.25) is 0 Å². The molecule has 1 aromatic carbocycles. The first-order chi connectivity index (χ1) is 13.9. The molecule has 0 saturated carbocycles. The fourth-order valence-electron chi connectivity index (χ4n) is 3.55. The quantitative estimate of drug-likeness (QED) is 0.253. The number of amides is 1. The van der Waals surface area contributed by atoms with Crippen LogP contribution in [-0.2, 0) is 20.9 Å². The number of aryl methyl sites for hydroxylation is 1. The Hall–Kier alpha value is -2.83. The Labute approximate surface area is 171 Å². The molecule has 0 aliphatic carbocycles. The molecule has 1 heterocycles. The molecule has 0 fully saturated rings. The molecule has 2 N–H and O–H groups in total. The van der Waals surface area contributed by atoms with E-state index in [1.54, 1.807) is 19.1 Å². The molecule has 0 unspecified atom stereocenters. The van der Waals surface area contributed by atoms with Gasteiger partial charge in [-0.25, -0.2) is 4.79 Å². The van der Waals surface area contributed by atoms with E-state index in [2.05, 4.69) is 11.7 Å². The van der Waals surface area contributed by atoms with Gasteiger partial charge in [0, 0.05) is 12.2 Å². The van der Waals surface area contributed by atoms with E-state index in [-0.39, 0.29) is 12.2 Å². The summed E-state index contributed by atoms with van der Waals surface area (Å²) in [6.45, 7) is 4.42. The predicted octanol–water partition coefficient (Wildman–Crippen LogP) is 3.53. The van der Waals surface area contributed by atoms with E-state index >= 15 is 0 Å². The molecule has 0 atom stereocenters. The first kappa shape index (κ1) is 22.5. The minimum atomic E-state index is -1.02. The fraction of sp³-hybridized carbons (Fsp3) is 0.500. The number of primary amides is 1. The van der Waals surface area contributed by atoms with Crippen molar-refractivity contribution in [1.29, 1.82) is 0 Å². The van der Waals surface area contributed by atoms with E-state index in [1.807, 2.05) is 10.6 Å². The van der Waals surface area contributed by atoms with Crippen LogP contribution in [0.5, 0.6) is 5.75 Å². The molecule has 0 saturated heterocycles. The van der Waals surface area contributed by atoms with Gasteiger partial charge in [-0.05, 0) is 25.5 Å². The van der Waals surface area contributed by atoms with Crippen molar-refractivity contribution in [2.45, 2.75) is 58.9 Å². The van der Waals surface area contributed by atoms with E-state index in [4.69, 9.17) is 10.5 Å². The van der Waals surface area contributed by atoms with Crippen LogP contribution in [-0.4, -0.2) is 35.9 Å². The van der Waals surface area contributed by atoms with Gasteiger partial charge in [0.25, 0.3) is 11.7 Å². The molecule has 1 amide bonds. The van der Waals surface area contributed by atoms with Gasteiger partial charge in [0.15, 0.2) is 6.61 Å². The summed E-state index contributed by atoms with van der Waals surface area (Å²) in [6.07, 6.45) is 6.89. The normalized spacial score (nSPS) is 10.9. The summed E-state index contributed by atoms with van der Waals surface area (Å²) in [5.41, 5.74) is 6.97. The van der Waals surface area contributed by atoms with Gasteiger partial charge in [0.2, 0.25) is 0 Å². The molecular weight excluding hydrogens is 372 g/mol. The average Bonchev–Trinajstić information content (AvgIpc) is 2.99. The minimum absolute atomic E-state index is 0.235. The molecular formula is C22H30N2O5. The van der Waals surface area contributed by atoms with Crippen LogP contribution in [0.1, 0.15) is 61.5 Å². The monoisotopic (exact) mass is 402 g/mol. The second-order valence-electron chi connectivity index (χ2n) is 7.09. The Morgan fingerprint density at radius 2 is 1.76 bits per heavy atom. The van der Waals surface area contributed by atoms with E-state index < -0.39 is 17.7 Å². The lowest BCUT2D eigenvalue weighted by Crippen LogP contribution is -2.24. The number of ether oxygens (including phenoxy) is 2. The molecule has 0 aliphatic heterocycles. The maximum Gasteiger partial charge on any atom is 0.343 e. The van der Waals surface area contributed by atoms with Crippen LogP contribution in [0.3, 0.4) is 0 Å². The van der Waals surface area contributed by atoms with Crippen LogP contribution < -0.4 is 10.5 Å². The summed E-state index contributed by atoms with van der Waals surface area (Å²) < 4.78 is 12.2. The van der Waals surface area contributed by atoms with E-state index in [9.17, 15) is 14.4 Å². The smallest absolute Gasteiger partial charge is 0.343 e. The van der Waals surface area contributed by atoms with Crippen molar-refractivity contribution in [2.75, 3.05) is 13.7 Å². The number of aromatic nitrogens is 1. The van der Waals surface area contributed by atoms with Gasteiger partial charge < -0.3 is 19.8 Å². The van der Waals surface area contributed by atoms with Gasteiger partial charge in [-0.15, -0.1) is 0 Å². The molecule has 2 rings (SSSR count). The van der Waals surface area contributed by atoms with Crippen molar-refractivity contribution in [3.05, 3.63) is 29.5 Å². The zero-order chi connectivity index (χ0) is 21.4. The molecule has 29 heavy (non-hydrogen) atoms. The number of rotatable bonds is 12. The molecule has 0 radical (unpaired) electrons. The van der Waals surface area contributed by atoms with E-state index in [0.29, 0.717) is 16.8 Å². The number of hydrogen-bond donors (Lipinski definition) is 1. The van der Waals surface area contributed by atoms with E-state index in [0.717, 1.165) is 24.9 Å². The van der Waals surface area contributed by atoms with Crippen molar-refractivity contribution in [3.8, 4) is 5.75 Å². The number of benzene rings is 1. The Morgan fingerprint density at radius 1 is 1.07 bits per heavy atom. The maximum absolute atomic E-state index is 12.6. The van der Waals surface area contributed by atoms with Crippen molar-refractivity contribution in [2.24, 2.45) is 5.73 Å². The second kappa shape index (κ2) is 10.6. The number of fused-ring (bicyclic) bond motifs is 1. The molecule has 0 bridgehead atoms. The SMILES string of the molecule is CCCCCCCCn1c(C)c(C(=O)C(N)=O)c2c(OCC(=O)OC)cccc21. The largest absolute Gasteiger partial charge is 0.481 e. The number of ketones is 1. The molecule has 0 spiro atoms. The number of hydrogen-bond acceptors (Lipinski definition) is 5. The maximum atomic E-state index is 12.6. The third-order valence-electron chi connectivity index (χ3n) is 5.07. The minimum Gasteiger partial charge on any atom is -0.481 e. The highest BCUT2D eigenvalue weighted by Crippen LogP contribution is 2.34. The molecule has 1 aromatic heterocycles. The fourth-order valence-corrected chi connectivity index (χ4v) is 3.55. The van der Waals surface area contributed by atoms with Crippen LogP contribution in [0.4, 0.5) is 0 Å². The summed E-state index contributed by atoms with van der Waals surface area (Å²) in [6, 6.07) is 5.34. The summed E-state index contributed by atoms with van der Waals surface area (Å²) in [4.78, 5) is 35.7. The number of carbonyl (C=O) groups is 3. The first-order valence-electron chi connectivity index (χ1n) is 10.1. The molecule has 7 nitrogen and oxygen atoms in total. The second-order valence-corrected chi connectivity index (χ2v) is 7.09. The van der Waals surface area contributed by atoms with Crippen LogP contribution >= 0.6 is 0 Å². The lowest BCUT2D eigenvalue weighted by molar-refractivity contribution is -0.142. The molecule has 7 heteroatoms. The van der Waals surface area contributed by atoms with Crippen LogP contribution in [0.15, 0.2) is 18.2 Å². The third kappa shape index (κ3) is 5.37. The molecule has 158 valence electrons. The first-order valence-corrected chi connectivity index (χ1v) is 10.1.